The van der Waals surface area contributed by atoms with E-state index in [1.54, 1.807) is 61.6 Å². The van der Waals surface area contributed by atoms with Crippen LogP contribution >= 0.6 is 11.8 Å². The number of thioether (sulfide) groups is 1. The Balaban J connectivity index is 1.34. The summed E-state index contributed by atoms with van der Waals surface area (Å²) < 4.78 is 7.32. The number of imidazole rings is 2. The zero-order valence-electron chi connectivity index (χ0n) is 19.7. The third kappa shape index (κ3) is 4.76. The number of pyridine rings is 1. The van der Waals surface area contributed by atoms with E-state index in [4.69, 9.17) is 4.74 Å². The van der Waals surface area contributed by atoms with Gasteiger partial charge >= 0.3 is 0 Å². The number of aromatic hydroxyl groups is 1. The van der Waals surface area contributed by atoms with Gasteiger partial charge in [0.1, 0.15) is 11.6 Å². The number of phenols is 1. The number of aryl methyl sites for hydroxylation is 1. The van der Waals surface area contributed by atoms with E-state index in [1.807, 2.05) is 36.0 Å². The summed E-state index contributed by atoms with van der Waals surface area (Å²) in [6.07, 6.45) is 5.30. The van der Waals surface area contributed by atoms with E-state index >= 15 is 0 Å². The van der Waals surface area contributed by atoms with Gasteiger partial charge in [-0.2, -0.15) is 0 Å². The van der Waals surface area contributed by atoms with Crippen molar-refractivity contribution in [3.8, 4) is 34.1 Å². The molecule has 0 atom stereocenters. The van der Waals surface area contributed by atoms with Crippen LogP contribution in [-0.4, -0.2) is 54.9 Å². The molecule has 3 N–H and O–H groups in total. The van der Waals surface area contributed by atoms with Crippen molar-refractivity contribution in [3.63, 3.8) is 0 Å². The molecule has 10 heteroatoms. The fourth-order valence-electron chi connectivity index (χ4n) is 3.84. The standard InChI is InChI=1S/C26H24N6O3S/c1-32-12-10-29-26(32)36-13-11-27-24(34)17-5-7-20-21(15-17)31-23(30-20)19-14-16(6-8-22(19)33)18-4-3-9-28-25(18)35-2/h3-10,12,14-15,33H,11,13H2,1-2H3,(H,27,34)(H,30,31). The fraction of sp³-hybridized carbons (Fsp3) is 0.154. The molecule has 0 saturated heterocycles. The number of hydrogen-bond donors (Lipinski definition) is 3. The number of nitrogens with one attached hydrogen (secondary N) is 2. The molecular weight excluding hydrogens is 476 g/mol. The zero-order chi connectivity index (χ0) is 25.1. The Morgan fingerprint density at radius 2 is 2.03 bits per heavy atom. The molecular formula is C26H24N6O3S. The van der Waals surface area contributed by atoms with Crippen molar-refractivity contribution in [1.29, 1.82) is 0 Å². The van der Waals surface area contributed by atoms with Gasteiger partial charge in [0.15, 0.2) is 5.16 Å². The summed E-state index contributed by atoms with van der Waals surface area (Å²) in [6, 6.07) is 14.3. The number of aromatic nitrogens is 5. The normalized spacial score (nSPS) is 11.1. The number of benzene rings is 2. The highest BCUT2D eigenvalue weighted by atomic mass is 32.2. The summed E-state index contributed by atoms with van der Waals surface area (Å²) in [5, 5.41) is 14.4. The average Bonchev–Trinajstić information content (AvgIpc) is 3.52. The molecule has 9 nitrogen and oxygen atoms in total. The summed E-state index contributed by atoms with van der Waals surface area (Å²) >= 11 is 1.58. The minimum atomic E-state index is -0.165. The first-order valence-corrected chi connectivity index (χ1v) is 12.2. The molecule has 5 rings (SSSR count). The third-order valence-corrected chi connectivity index (χ3v) is 6.73. The van der Waals surface area contributed by atoms with Crippen molar-refractivity contribution >= 4 is 28.7 Å². The van der Waals surface area contributed by atoms with Crippen LogP contribution in [0.3, 0.4) is 0 Å². The van der Waals surface area contributed by atoms with Crippen LogP contribution < -0.4 is 10.1 Å². The first-order valence-electron chi connectivity index (χ1n) is 11.2. The fourth-order valence-corrected chi connectivity index (χ4v) is 4.63. The third-order valence-electron chi connectivity index (χ3n) is 5.67. The van der Waals surface area contributed by atoms with Gasteiger partial charge in [-0.15, -0.1) is 0 Å². The van der Waals surface area contributed by atoms with Crippen LogP contribution in [0.15, 0.2) is 72.3 Å². The van der Waals surface area contributed by atoms with Crippen molar-refractivity contribution in [2.45, 2.75) is 5.16 Å². The Kier molecular flexibility index (Phi) is 6.59. The number of methoxy groups -OCH3 is 1. The number of H-pyrrole nitrogens is 1. The van der Waals surface area contributed by atoms with Gasteiger partial charge in [-0.1, -0.05) is 17.8 Å². The number of phenolic OH excluding ortho intramolecular Hbond substituents is 1. The van der Waals surface area contributed by atoms with E-state index in [0.29, 0.717) is 46.2 Å². The molecule has 0 bridgehead atoms. The first kappa shape index (κ1) is 23.4. The second-order valence-corrected chi connectivity index (χ2v) is 9.10. The molecule has 0 fully saturated rings. The largest absolute Gasteiger partial charge is 0.507 e. The van der Waals surface area contributed by atoms with Crippen molar-refractivity contribution < 1.29 is 14.6 Å². The smallest absolute Gasteiger partial charge is 0.251 e. The predicted molar refractivity (Wildman–Crippen MR) is 139 cm³/mol. The first-order chi connectivity index (χ1) is 17.5. The molecule has 182 valence electrons. The minimum Gasteiger partial charge on any atom is -0.507 e. The topological polar surface area (TPSA) is 118 Å². The number of amides is 1. The van der Waals surface area contributed by atoms with E-state index in [9.17, 15) is 9.90 Å². The van der Waals surface area contributed by atoms with Gasteiger partial charge in [0, 0.05) is 49.1 Å². The molecule has 0 spiro atoms. The Bertz CT molecular complexity index is 1540. The maximum atomic E-state index is 12.7. The SMILES string of the molecule is COc1ncccc1-c1ccc(O)c(-c2nc3ccc(C(=O)NCCSc4nccn4C)cc3[nH]2)c1. The number of ether oxygens (including phenoxy) is 1. The van der Waals surface area contributed by atoms with Crippen LogP contribution in [0.25, 0.3) is 33.5 Å². The van der Waals surface area contributed by atoms with E-state index in [0.717, 1.165) is 16.3 Å². The van der Waals surface area contributed by atoms with Crippen LogP contribution in [0, 0.1) is 0 Å². The second-order valence-electron chi connectivity index (χ2n) is 8.03. The van der Waals surface area contributed by atoms with Crippen molar-refractivity contribution in [3.05, 3.63) is 72.7 Å². The van der Waals surface area contributed by atoms with Gasteiger partial charge in [-0.3, -0.25) is 4.79 Å². The molecule has 36 heavy (non-hydrogen) atoms. The molecule has 2 aromatic carbocycles. The summed E-state index contributed by atoms with van der Waals surface area (Å²) in [5.74, 6) is 1.62. The van der Waals surface area contributed by atoms with Crippen LogP contribution in [0.5, 0.6) is 11.6 Å². The lowest BCUT2D eigenvalue weighted by Crippen LogP contribution is -2.25. The van der Waals surface area contributed by atoms with Crippen molar-refractivity contribution in [2.75, 3.05) is 19.4 Å². The highest BCUT2D eigenvalue weighted by Crippen LogP contribution is 2.35. The Labute approximate surface area is 211 Å². The molecule has 0 saturated carbocycles. The molecule has 1 amide bonds. The highest BCUT2D eigenvalue weighted by molar-refractivity contribution is 7.99. The van der Waals surface area contributed by atoms with E-state index in [-0.39, 0.29) is 11.7 Å². The molecule has 3 aromatic heterocycles. The number of nitrogens with zero attached hydrogens (tertiary/aromatic N) is 4. The molecule has 0 radical (unpaired) electrons. The lowest BCUT2D eigenvalue weighted by molar-refractivity contribution is 0.0956. The van der Waals surface area contributed by atoms with Crippen molar-refractivity contribution in [2.24, 2.45) is 7.05 Å². The second kappa shape index (κ2) is 10.1. The highest BCUT2D eigenvalue weighted by Gasteiger charge is 2.15. The summed E-state index contributed by atoms with van der Waals surface area (Å²) in [7, 11) is 3.51. The lowest BCUT2D eigenvalue weighted by Gasteiger charge is -2.09. The number of carbonyl (C=O) groups is 1. The van der Waals surface area contributed by atoms with Crippen LogP contribution in [0.2, 0.25) is 0 Å². The van der Waals surface area contributed by atoms with Gasteiger partial charge in [0.05, 0.1) is 23.7 Å². The quantitative estimate of drug-likeness (QED) is 0.215. The van der Waals surface area contributed by atoms with E-state index in [2.05, 4.69) is 25.3 Å². The predicted octanol–water partition coefficient (Wildman–Crippen LogP) is 4.26. The van der Waals surface area contributed by atoms with Gasteiger partial charge in [0.2, 0.25) is 5.88 Å². The molecule has 3 heterocycles. The molecule has 5 aromatic rings. The molecule has 0 aliphatic carbocycles. The van der Waals surface area contributed by atoms with Gasteiger partial charge < -0.3 is 24.7 Å². The summed E-state index contributed by atoms with van der Waals surface area (Å²) in [4.78, 5) is 29.1. The Morgan fingerprint density at radius 1 is 1.14 bits per heavy atom. The maximum Gasteiger partial charge on any atom is 0.251 e. The van der Waals surface area contributed by atoms with Gasteiger partial charge in [-0.25, -0.2) is 15.0 Å². The molecule has 0 unspecified atom stereocenters. The monoisotopic (exact) mass is 500 g/mol. The Hall–Kier alpha value is -4.31. The average molecular weight is 501 g/mol. The van der Waals surface area contributed by atoms with Crippen LogP contribution in [0.4, 0.5) is 0 Å². The minimum absolute atomic E-state index is 0.0869. The number of rotatable bonds is 8. The van der Waals surface area contributed by atoms with Gasteiger partial charge in [0.25, 0.3) is 5.91 Å². The summed E-state index contributed by atoms with van der Waals surface area (Å²) in [5.41, 5.74) is 4.08. The lowest BCUT2D eigenvalue weighted by atomic mass is 10.0. The van der Waals surface area contributed by atoms with E-state index < -0.39 is 0 Å². The van der Waals surface area contributed by atoms with Crippen LogP contribution in [-0.2, 0) is 7.05 Å². The number of fused-ring (bicyclic) bond motifs is 1. The van der Waals surface area contributed by atoms with E-state index in [1.165, 1.54) is 0 Å². The number of carbonyl (C=O) groups excluding carboxylic acids is 1. The van der Waals surface area contributed by atoms with Crippen LogP contribution in [0.1, 0.15) is 10.4 Å². The maximum absolute atomic E-state index is 12.7. The van der Waals surface area contributed by atoms with Crippen molar-refractivity contribution in [1.82, 2.24) is 29.8 Å². The summed E-state index contributed by atoms with van der Waals surface area (Å²) in [6.45, 7) is 0.515. The number of aromatic amines is 1. The van der Waals surface area contributed by atoms with Gasteiger partial charge in [-0.05, 0) is 48.0 Å². The molecule has 0 aliphatic heterocycles. The molecule has 0 aliphatic rings. The zero-order valence-corrected chi connectivity index (χ0v) is 20.5. The number of hydrogen-bond acceptors (Lipinski definition) is 7. The Morgan fingerprint density at radius 3 is 2.83 bits per heavy atom.